The number of nitrogen functional groups attached to an aromatic ring is 1. The Balaban J connectivity index is 2.33. The van der Waals surface area contributed by atoms with Crippen molar-refractivity contribution in [2.24, 2.45) is 11.8 Å². The van der Waals surface area contributed by atoms with E-state index in [2.05, 4.69) is 5.43 Å². The number of hydrogen-bond donors (Lipinski definition) is 3. The van der Waals surface area contributed by atoms with Gasteiger partial charge in [-0.15, -0.1) is 0 Å². The first-order valence-electron chi connectivity index (χ1n) is 6.22. The van der Waals surface area contributed by atoms with Crippen LogP contribution in [0.25, 0.3) is 0 Å². The maximum Gasteiger partial charge on any atom is 0.306 e. The molecule has 2 rings (SSSR count). The normalized spacial score (nSPS) is 18.1. The third-order valence-electron chi connectivity index (χ3n) is 3.44. The average Bonchev–Trinajstić information content (AvgIpc) is 2.94. The summed E-state index contributed by atoms with van der Waals surface area (Å²) in [6.07, 6.45) is 0.699. The average molecular weight is 280 g/mol. The van der Waals surface area contributed by atoms with Gasteiger partial charge in [0.25, 0.3) is 5.91 Å². The highest BCUT2D eigenvalue weighted by Crippen LogP contribution is 2.30. The number of aliphatic hydroxyl groups excluding tert-OH is 1. The Kier molecular flexibility index (Phi) is 4.16. The summed E-state index contributed by atoms with van der Waals surface area (Å²) in [5.41, 5.74) is 2.00. The minimum absolute atomic E-state index is 0.00374. The molecule has 0 aliphatic carbocycles. The fraction of sp³-hybridized carbons (Fsp3) is 0.417. The number of aliphatic hydroxyl groups is 1. The van der Waals surface area contributed by atoms with Crippen molar-refractivity contribution in [3.05, 3.63) is 33.9 Å². The van der Waals surface area contributed by atoms with Crippen LogP contribution in [0.3, 0.4) is 0 Å². The Bertz CT molecular complexity index is 534. The lowest BCUT2D eigenvalue weighted by molar-refractivity contribution is -0.384. The molecule has 1 amide bonds. The molecule has 1 aliphatic heterocycles. The molecule has 20 heavy (non-hydrogen) atoms. The van der Waals surface area contributed by atoms with Crippen molar-refractivity contribution in [3.8, 4) is 0 Å². The van der Waals surface area contributed by atoms with Gasteiger partial charge in [0.2, 0.25) is 0 Å². The van der Waals surface area contributed by atoms with Gasteiger partial charge in [-0.05, 0) is 18.6 Å². The van der Waals surface area contributed by atoms with Gasteiger partial charge in [-0.1, -0.05) is 6.07 Å². The minimum Gasteiger partial charge on any atom is -0.396 e. The molecule has 0 spiro atoms. The summed E-state index contributed by atoms with van der Waals surface area (Å²) in [6.45, 7) is 0.907. The number of nitrogens with two attached hydrogens (primary N) is 1. The number of hydrogen-bond acceptors (Lipinski definition) is 6. The van der Waals surface area contributed by atoms with E-state index in [1.54, 1.807) is 0 Å². The summed E-state index contributed by atoms with van der Waals surface area (Å²) in [6, 6.07) is 4.39. The number of nitro groups is 1. The van der Waals surface area contributed by atoms with Crippen molar-refractivity contribution < 1.29 is 14.8 Å². The van der Waals surface area contributed by atoms with E-state index in [1.807, 2.05) is 0 Å². The molecule has 4 N–H and O–H groups in total. The summed E-state index contributed by atoms with van der Waals surface area (Å²) in [7, 11) is 0. The fourth-order valence-corrected chi connectivity index (χ4v) is 2.37. The number of anilines is 1. The Labute approximate surface area is 115 Å². The van der Waals surface area contributed by atoms with Gasteiger partial charge in [-0.2, -0.15) is 0 Å². The molecule has 1 fully saturated rings. The summed E-state index contributed by atoms with van der Waals surface area (Å²) >= 11 is 0. The lowest BCUT2D eigenvalue weighted by Gasteiger charge is -2.16. The third-order valence-corrected chi connectivity index (χ3v) is 3.44. The van der Waals surface area contributed by atoms with Crippen LogP contribution in [0.15, 0.2) is 18.2 Å². The van der Waals surface area contributed by atoms with Crippen LogP contribution in [0.5, 0.6) is 0 Å². The van der Waals surface area contributed by atoms with Gasteiger partial charge in [0.1, 0.15) is 11.3 Å². The van der Waals surface area contributed by atoms with Crippen LogP contribution in [0.1, 0.15) is 16.8 Å². The summed E-state index contributed by atoms with van der Waals surface area (Å²) < 4.78 is 0. The van der Waals surface area contributed by atoms with Crippen molar-refractivity contribution in [3.63, 3.8) is 0 Å². The zero-order valence-corrected chi connectivity index (χ0v) is 10.8. The van der Waals surface area contributed by atoms with Crippen LogP contribution in [0, 0.1) is 16.0 Å². The van der Waals surface area contributed by atoms with E-state index in [4.69, 9.17) is 10.9 Å². The zero-order valence-electron chi connectivity index (χ0n) is 10.8. The predicted octanol–water partition coefficient (Wildman–Crippen LogP) is 0.335. The number of carbonyl (C=O) groups excluding carboxylic acids is 1. The predicted molar refractivity (Wildman–Crippen MR) is 72.0 cm³/mol. The highest BCUT2D eigenvalue weighted by molar-refractivity contribution is 6.00. The number of rotatable bonds is 4. The van der Waals surface area contributed by atoms with Crippen LogP contribution >= 0.6 is 0 Å². The van der Waals surface area contributed by atoms with Gasteiger partial charge in [0.15, 0.2) is 0 Å². The highest BCUT2D eigenvalue weighted by Gasteiger charge is 2.31. The van der Waals surface area contributed by atoms with E-state index in [-0.39, 0.29) is 29.5 Å². The maximum absolute atomic E-state index is 12.4. The molecule has 1 aliphatic rings. The minimum atomic E-state index is -0.623. The zero-order chi connectivity index (χ0) is 14.7. The van der Waals surface area contributed by atoms with Crippen LogP contribution in [-0.2, 0) is 0 Å². The highest BCUT2D eigenvalue weighted by atomic mass is 16.6. The van der Waals surface area contributed by atoms with Crippen molar-refractivity contribution in [1.82, 2.24) is 4.90 Å². The van der Waals surface area contributed by atoms with Crippen LogP contribution in [0.4, 0.5) is 11.4 Å². The Morgan fingerprint density at radius 3 is 2.90 bits per heavy atom. The third kappa shape index (κ3) is 2.56. The van der Waals surface area contributed by atoms with Gasteiger partial charge >= 0.3 is 5.69 Å². The van der Waals surface area contributed by atoms with Gasteiger partial charge in [-0.3, -0.25) is 20.8 Å². The number of amides is 1. The number of benzene rings is 1. The largest absolute Gasteiger partial charge is 0.396 e. The second-order valence-electron chi connectivity index (χ2n) is 4.69. The molecule has 0 bridgehead atoms. The van der Waals surface area contributed by atoms with E-state index in [0.29, 0.717) is 19.5 Å². The van der Waals surface area contributed by atoms with Crippen molar-refractivity contribution in [2.75, 3.05) is 25.1 Å². The lowest BCUT2D eigenvalue weighted by Crippen LogP contribution is -2.30. The second-order valence-corrected chi connectivity index (χ2v) is 4.69. The van der Waals surface area contributed by atoms with E-state index in [9.17, 15) is 14.9 Å². The van der Waals surface area contributed by atoms with Crippen LogP contribution < -0.4 is 11.3 Å². The van der Waals surface area contributed by atoms with Gasteiger partial charge in [0.05, 0.1) is 4.92 Å². The Morgan fingerprint density at radius 2 is 2.35 bits per heavy atom. The quantitative estimate of drug-likeness (QED) is 0.415. The Hall–Kier alpha value is -2.19. The topological polar surface area (TPSA) is 122 Å². The van der Waals surface area contributed by atoms with E-state index < -0.39 is 10.8 Å². The smallest absolute Gasteiger partial charge is 0.306 e. The standard InChI is InChI=1S/C12H16N4O4/c13-14-10-3-1-2-9(11(10)16(19)20)12(18)15-5-4-8(6-15)7-17/h1-3,8,14,17H,4-7,13H2. The summed E-state index contributed by atoms with van der Waals surface area (Å²) in [5, 5.41) is 20.2. The molecule has 108 valence electrons. The molecule has 1 saturated heterocycles. The lowest BCUT2D eigenvalue weighted by atomic mass is 10.1. The van der Waals surface area contributed by atoms with E-state index in [0.717, 1.165) is 0 Å². The molecular formula is C12H16N4O4. The molecular weight excluding hydrogens is 264 g/mol. The van der Waals surface area contributed by atoms with Gasteiger partial charge in [-0.25, -0.2) is 0 Å². The number of carbonyl (C=O) groups is 1. The first-order chi connectivity index (χ1) is 9.58. The van der Waals surface area contributed by atoms with Crippen molar-refractivity contribution in [1.29, 1.82) is 0 Å². The number of nitrogens with one attached hydrogen (secondary N) is 1. The first-order valence-corrected chi connectivity index (χ1v) is 6.22. The van der Waals surface area contributed by atoms with E-state index in [1.165, 1.54) is 23.1 Å². The summed E-state index contributed by atoms with van der Waals surface area (Å²) in [4.78, 5) is 24.4. The van der Waals surface area contributed by atoms with Crippen LogP contribution in [0.2, 0.25) is 0 Å². The molecule has 1 aromatic rings. The van der Waals surface area contributed by atoms with Crippen molar-refractivity contribution in [2.45, 2.75) is 6.42 Å². The maximum atomic E-state index is 12.4. The van der Waals surface area contributed by atoms with Crippen LogP contribution in [-0.4, -0.2) is 40.5 Å². The van der Waals surface area contributed by atoms with Gasteiger partial charge < -0.3 is 15.4 Å². The van der Waals surface area contributed by atoms with Crippen molar-refractivity contribution >= 4 is 17.3 Å². The first kappa shape index (κ1) is 14.2. The Morgan fingerprint density at radius 1 is 1.60 bits per heavy atom. The summed E-state index contributed by atoms with van der Waals surface area (Å²) in [5.74, 6) is 4.87. The molecule has 1 atom stereocenters. The fourth-order valence-electron chi connectivity index (χ4n) is 2.37. The SMILES string of the molecule is NNc1cccc(C(=O)N2CCC(CO)C2)c1[N+](=O)[O-]. The number of likely N-dealkylation sites (tertiary alicyclic amines) is 1. The molecule has 0 radical (unpaired) electrons. The molecule has 8 heteroatoms. The number of nitro benzene ring substituents is 1. The molecule has 0 saturated carbocycles. The molecule has 1 heterocycles. The number of hydrazine groups is 1. The molecule has 1 unspecified atom stereocenters. The molecule has 0 aromatic heterocycles. The second kappa shape index (κ2) is 5.85. The monoisotopic (exact) mass is 280 g/mol. The number of para-hydroxylation sites is 1. The molecule has 8 nitrogen and oxygen atoms in total. The molecule has 1 aromatic carbocycles. The number of nitrogens with zero attached hydrogens (tertiary/aromatic N) is 2. The van der Waals surface area contributed by atoms with Gasteiger partial charge in [0, 0.05) is 25.6 Å². The van der Waals surface area contributed by atoms with E-state index >= 15 is 0 Å².